The van der Waals surface area contributed by atoms with Crippen molar-refractivity contribution in [3.05, 3.63) is 23.9 Å². The fourth-order valence-corrected chi connectivity index (χ4v) is 0.885. The lowest BCUT2D eigenvalue weighted by Crippen LogP contribution is -2.04. The zero-order valence-electron chi connectivity index (χ0n) is 7.76. The molecule has 0 amide bonds. The highest BCUT2D eigenvalue weighted by Gasteiger charge is 2.30. The van der Waals surface area contributed by atoms with Gasteiger partial charge in [0.2, 0.25) is 0 Å². The highest BCUT2D eigenvalue weighted by atomic mass is 19.4. The topological polar surface area (TPSA) is 25.2 Å². The summed E-state index contributed by atoms with van der Waals surface area (Å²) in [5.74, 6) is 0.0832. The Hall–Kier alpha value is -1.39. The summed E-state index contributed by atoms with van der Waals surface area (Å²) >= 11 is 0. The van der Waals surface area contributed by atoms with Gasteiger partial charge in [0.25, 0.3) is 0 Å². The Morgan fingerprint density at radius 1 is 1.36 bits per heavy atom. The summed E-state index contributed by atoms with van der Waals surface area (Å²) < 4.78 is 36.7. The van der Waals surface area contributed by atoms with Crippen molar-refractivity contribution in [3.8, 4) is 0 Å². The van der Waals surface area contributed by atoms with E-state index in [1.54, 1.807) is 13.8 Å². The van der Waals surface area contributed by atoms with Gasteiger partial charge in [-0.25, -0.2) is 9.98 Å². The largest absolute Gasteiger partial charge is 0.416 e. The van der Waals surface area contributed by atoms with E-state index in [1.165, 1.54) is 0 Å². The van der Waals surface area contributed by atoms with Crippen LogP contribution in [0.4, 0.5) is 19.0 Å². The lowest BCUT2D eigenvalue weighted by molar-refractivity contribution is -0.137. The second-order valence-electron chi connectivity index (χ2n) is 2.96. The van der Waals surface area contributed by atoms with Crippen LogP contribution in [-0.2, 0) is 6.18 Å². The Morgan fingerprint density at radius 2 is 2.00 bits per heavy atom. The normalized spacial score (nSPS) is 11.2. The Kier molecular flexibility index (Phi) is 2.88. The standard InChI is InChI=1S/C9H9F3N2/c1-6(2)14-8-5-7(3-4-13-8)9(10,11)12/h3-5H,1-2H3. The lowest BCUT2D eigenvalue weighted by Gasteiger charge is -2.05. The highest BCUT2D eigenvalue weighted by Crippen LogP contribution is 2.30. The summed E-state index contributed by atoms with van der Waals surface area (Å²) in [7, 11) is 0. The molecule has 14 heavy (non-hydrogen) atoms. The maximum absolute atomic E-state index is 12.2. The van der Waals surface area contributed by atoms with Crippen LogP contribution in [-0.4, -0.2) is 10.7 Å². The minimum Gasteiger partial charge on any atom is -0.239 e. The molecule has 0 aliphatic rings. The third kappa shape index (κ3) is 2.83. The Morgan fingerprint density at radius 3 is 2.50 bits per heavy atom. The molecule has 1 heterocycles. The first-order chi connectivity index (χ1) is 6.39. The number of hydrogen-bond acceptors (Lipinski definition) is 2. The van der Waals surface area contributed by atoms with Crippen molar-refractivity contribution in [1.82, 2.24) is 4.98 Å². The van der Waals surface area contributed by atoms with E-state index < -0.39 is 11.7 Å². The number of hydrogen-bond donors (Lipinski definition) is 0. The molecule has 1 aromatic heterocycles. The monoisotopic (exact) mass is 202 g/mol. The minimum absolute atomic E-state index is 0.0832. The average Bonchev–Trinajstić information content (AvgIpc) is 2.01. The van der Waals surface area contributed by atoms with Gasteiger partial charge in [0, 0.05) is 11.9 Å². The molecule has 0 saturated carbocycles. The van der Waals surface area contributed by atoms with Crippen LogP contribution in [0.1, 0.15) is 19.4 Å². The summed E-state index contributed by atoms with van der Waals surface area (Å²) in [5, 5.41) is 0. The van der Waals surface area contributed by atoms with Crippen molar-refractivity contribution in [2.45, 2.75) is 20.0 Å². The quantitative estimate of drug-likeness (QED) is 0.642. The summed E-state index contributed by atoms with van der Waals surface area (Å²) in [6, 6.07) is 1.84. The fraction of sp³-hybridized carbons (Fsp3) is 0.333. The SMILES string of the molecule is CC(C)=Nc1cc(C(F)(F)F)ccn1. The van der Waals surface area contributed by atoms with Crippen LogP contribution in [0.25, 0.3) is 0 Å². The zero-order chi connectivity index (χ0) is 10.8. The van der Waals surface area contributed by atoms with Crippen LogP contribution in [0.2, 0.25) is 0 Å². The fourth-order valence-electron chi connectivity index (χ4n) is 0.885. The van der Waals surface area contributed by atoms with Crippen molar-refractivity contribution in [2.75, 3.05) is 0 Å². The number of alkyl halides is 3. The molecular formula is C9H9F3N2. The summed E-state index contributed by atoms with van der Waals surface area (Å²) in [5.41, 5.74) is -0.0654. The van der Waals surface area contributed by atoms with E-state index in [0.29, 0.717) is 5.71 Å². The van der Waals surface area contributed by atoms with E-state index in [4.69, 9.17) is 0 Å². The van der Waals surface area contributed by atoms with Crippen LogP contribution >= 0.6 is 0 Å². The molecular weight excluding hydrogens is 193 g/mol. The first kappa shape index (κ1) is 10.7. The van der Waals surface area contributed by atoms with Crippen molar-refractivity contribution in [2.24, 2.45) is 4.99 Å². The molecule has 76 valence electrons. The molecule has 1 rings (SSSR count). The molecule has 0 aromatic carbocycles. The van der Waals surface area contributed by atoms with Crippen molar-refractivity contribution in [3.63, 3.8) is 0 Å². The Labute approximate surface area is 79.5 Å². The van der Waals surface area contributed by atoms with Gasteiger partial charge < -0.3 is 0 Å². The Bertz CT molecular complexity index is 351. The predicted octanol–water partition coefficient (Wildman–Crippen LogP) is 3.21. The highest BCUT2D eigenvalue weighted by molar-refractivity contribution is 5.81. The van der Waals surface area contributed by atoms with Gasteiger partial charge in [-0.3, -0.25) is 0 Å². The third-order valence-corrected chi connectivity index (χ3v) is 1.41. The van der Waals surface area contributed by atoms with E-state index in [9.17, 15) is 13.2 Å². The van der Waals surface area contributed by atoms with E-state index >= 15 is 0 Å². The second kappa shape index (κ2) is 3.77. The van der Waals surface area contributed by atoms with Gasteiger partial charge >= 0.3 is 6.18 Å². The number of nitrogens with zero attached hydrogens (tertiary/aromatic N) is 2. The van der Waals surface area contributed by atoms with E-state index in [-0.39, 0.29) is 5.82 Å². The molecule has 2 nitrogen and oxygen atoms in total. The molecule has 0 bridgehead atoms. The van der Waals surface area contributed by atoms with Crippen molar-refractivity contribution >= 4 is 11.5 Å². The summed E-state index contributed by atoms with van der Waals surface area (Å²) in [4.78, 5) is 7.54. The molecule has 0 aliphatic heterocycles. The first-order valence-electron chi connectivity index (χ1n) is 3.95. The number of aromatic nitrogens is 1. The molecule has 0 radical (unpaired) electrons. The van der Waals surface area contributed by atoms with Gasteiger partial charge in [-0.2, -0.15) is 13.2 Å². The molecule has 5 heteroatoms. The maximum atomic E-state index is 12.2. The number of halogens is 3. The van der Waals surface area contributed by atoms with E-state index in [1.807, 2.05) is 0 Å². The molecule has 0 unspecified atom stereocenters. The molecule has 0 atom stereocenters. The van der Waals surface area contributed by atoms with Crippen LogP contribution in [0.3, 0.4) is 0 Å². The van der Waals surface area contributed by atoms with Gasteiger partial charge in [-0.1, -0.05) is 0 Å². The molecule has 0 saturated heterocycles. The number of rotatable bonds is 1. The van der Waals surface area contributed by atoms with Crippen molar-refractivity contribution in [1.29, 1.82) is 0 Å². The molecule has 0 fully saturated rings. The third-order valence-electron chi connectivity index (χ3n) is 1.41. The first-order valence-corrected chi connectivity index (χ1v) is 3.95. The molecule has 0 N–H and O–H groups in total. The maximum Gasteiger partial charge on any atom is 0.416 e. The van der Waals surface area contributed by atoms with E-state index in [2.05, 4.69) is 9.98 Å². The smallest absolute Gasteiger partial charge is 0.239 e. The van der Waals surface area contributed by atoms with Gasteiger partial charge in [-0.05, 0) is 26.0 Å². The van der Waals surface area contributed by atoms with Gasteiger partial charge in [0.05, 0.1) is 5.56 Å². The molecule has 1 aromatic rings. The van der Waals surface area contributed by atoms with Crippen LogP contribution in [0.15, 0.2) is 23.3 Å². The number of aliphatic imine (C=N–C) groups is 1. The van der Waals surface area contributed by atoms with Crippen molar-refractivity contribution < 1.29 is 13.2 Å². The van der Waals surface area contributed by atoms with Gasteiger partial charge in [-0.15, -0.1) is 0 Å². The average molecular weight is 202 g/mol. The van der Waals surface area contributed by atoms with E-state index in [0.717, 1.165) is 18.3 Å². The Balaban J connectivity index is 3.08. The molecule has 0 aliphatic carbocycles. The lowest BCUT2D eigenvalue weighted by atomic mass is 10.2. The molecule has 0 spiro atoms. The number of pyridine rings is 1. The van der Waals surface area contributed by atoms with Crippen LogP contribution in [0.5, 0.6) is 0 Å². The minimum atomic E-state index is -4.34. The zero-order valence-corrected chi connectivity index (χ0v) is 7.76. The van der Waals surface area contributed by atoms with Gasteiger partial charge in [0.15, 0.2) is 5.82 Å². The summed E-state index contributed by atoms with van der Waals surface area (Å²) in [6.07, 6.45) is -3.24. The second-order valence-corrected chi connectivity index (χ2v) is 2.96. The van der Waals surface area contributed by atoms with Crippen LogP contribution in [0, 0.1) is 0 Å². The van der Waals surface area contributed by atoms with Gasteiger partial charge in [0.1, 0.15) is 0 Å². The predicted molar refractivity (Wildman–Crippen MR) is 47.7 cm³/mol. The van der Waals surface area contributed by atoms with Crippen LogP contribution < -0.4 is 0 Å². The summed E-state index contributed by atoms with van der Waals surface area (Å²) in [6.45, 7) is 3.39.